The Morgan fingerprint density at radius 1 is 1.14 bits per heavy atom. The van der Waals surface area contributed by atoms with Gasteiger partial charge in [-0.25, -0.2) is 9.79 Å². The van der Waals surface area contributed by atoms with Crippen molar-refractivity contribution < 1.29 is 13.6 Å². The standard InChI is InChI=1S/C20H18N4O4/c1-12-10-13-11-14(6-7-16(13)27-12)22-19(21)23-18(25)8-9-24-15-4-2-3-5-17(15)28-20(24)26/h2-7,10-11H,8-9H2,1H3,(H3,21,22,23,25). The van der Waals surface area contributed by atoms with Crippen LogP contribution < -0.4 is 16.8 Å². The Hall–Kier alpha value is -3.81. The van der Waals surface area contributed by atoms with Gasteiger partial charge in [0.1, 0.15) is 11.3 Å². The largest absolute Gasteiger partial charge is 0.461 e. The molecule has 28 heavy (non-hydrogen) atoms. The number of benzene rings is 2. The van der Waals surface area contributed by atoms with Crippen LogP contribution in [-0.2, 0) is 11.3 Å². The van der Waals surface area contributed by atoms with Crippen molar-refractivity contribution in [3.63, 3.8) is 0 Å². The summed E-state index contributed by atoms with van der Waals surface area (Å²) in [4.78, 5) is 28.3. The molecule has 4 rings (SSSR count). The Morgan fingerprint density at radius 3 is 2.82 bits per heavy atom. The first-order valence-corrected chi connectivity index (χ1v) is 8.72. The van der Waals surface area contributed by atoms with E-state index in [1.807, 2.05) is 19.1 Å². The molecule has 0 fully saturated rings. The number of hydrogen-bond acceptors (Lipinski definition) is 5. The average molecular weight is 378 g/mol. The number of carbonyl (C=O) groups excluding carboxylic acids is 1. The normalized spacial score (nSPS) is 12.0. The fourth-order valence-corrected chi connectivity index (χ4v) is 3.04. The van der Waals surface area contributed by atoms with Crippen LogP contribution in [0.25, 0.3) is 22.1 Å². The lowest BCUT2D eigenvalue weighted by molar-refractivity contribution is -0.119. The molecule has 2 aromatic heterocycles. The number of furan rings is 1. The molecule has 0 aliphatic heterocycles. The number of para-hydroxylation sites is 2. The van der Waals surface area contributed by atoms with Gasteiger partial charge in [0.15, 0.2) is 5.58 Å². The SMILES string of the molecule is Cc1cc2cc(N=C(N)NC(=O)CCn3c(=O)oc4ccccc43)ccc2o1. The van der Waals surface area contributed by atoms with Crippen LogP contribution in [0.1, 0.15) is 12.2 Å². The fraction of sp³-hybridized carbons (Fsp3) is 0.150. The maximum absolute atomic E-state index is 12.2. The van der Waals surface area contributed by atoms with Crippen molar-refractivity contribution in [2.24, 2.45) is 10.7 Å². The smallest absolute Gasteiger partial charge is 0.419 e. The zero-order valence-corrected chi connectivity index (χ0v) is 15.1. The van der Waals surface area contributed by atoms with Crippen molar-refractivity contribution in [3.05, 3.63) is 64.8 Å². The number of fused-ring (bicyclic) bond motifs is 2. The van der Waals surface area contributed by atoms with E-state index in [0.717, 1.165) is 16.7 Å². The van der Waals surface area contributed by atoms with Crippen LogP contribution >= 0.6 is 0 Å². The number of oxazole rings is 1. The van der Waals surface area contributed by atoms with Crippen molar-refractivity contribution >= 4 is 39.6 Å². The molecule has 8 heteroatoms. The molecule has 0 spiro atoms. The predicted molar refractivity (Wildman–Crippen MR) is 105 cm³/mol. The van der Waals surface area contributed by atoms with E-state index in [9.17, 15) is 9.59 Å². The number of nitrogens with zero attached hydrogens (tertiary/aromatic N) is 2. The number of nitrogens with one attached hydrogen (secondary N) is 1. The Balaban J connectivity index is 1.42. The topological polar surface area (TPSA) is 116 Å². The molecule has 0 saturated carbocycles. The number of aromatic nitrogens is 1. The zero-order chi connectivity index (χ0) is 19.7. The second-order valence-electron chi connectivity index (χ2n) is 6.36. The van der Waals surface area contributed by atoms with Crippen molar-refractivity contribution in [2.75, 3.05) is 0 Å². The van der Waals surface area contributed by atoms with E-state index in [1.165, 1.54) is 4.57 Å². The summed E-state index contributed by atoms with van der Waals surface area (Å²) < 4.78 is 12.1. The summed E-state index contributed by atoms with van der Waals surface area (Å²) in [6.45, 7) is 2.04. The van der Waals surface area contributed by atoms with Gasteiger partial charge in [-0.05, 0) is 43.3 Å². The molecule has 1 amide bonds. The van der Waals surface area contributed by atoms with Crippen LogP contribution in [0.4, 0.5) is 5.69 Å². The first-order valence-electron chi connectivity index (χ1n) is 8.72. The third-order valence-electron chi connectivity index (χ3n) is 4.28. The van der Waals surface area contributed by atoms with Crippen LogP contribution in [0.15, 0.2) is 67.2 Å². The minimum absolute atomic E-state index is 0.0195. The first kappa shape index (κ1) is 17.6. The van der Waals surface area contributed by atoms with Crippen LogP contribution in [-0.4, -0.2) is 16.4 Å². The lowest BCUT2D eigenvalue weighted by Crippen LogP contribution is -2.37. The highest BCUT2D eigenvalue weighted by Gasteiger charge is 2.11. The van der Waals surface area contributed by atoms with E-state index in [4.69, 9.17) is 14.6 Å². The summed E-state index contributed by atoms with van der Waals surface area (Å²) in [6.07, 6.45) is 0.0552. The zero-order valence-electron chi connectivity index (χ0n) is 15.1. The summed E-state index contributed by atoms with van der Waals surface area (Å²) >= 11 is 0. The number of hydrogen-bond donors (Lipinski definition) is 2. The lowest BCUT2D eigenvalue weighted by atomic mass is 10.2. The summed E-state index contributed by atoms with van der Waals surface area (Å²) in [6, 6.07) is 14.3. The molecular weight excluding hydrogens is 360 g/mol. The molecule has 2 aromatic carbocycles. The molecule has 0 aliphatic carbocycles. The van der Waals surface area contributed by atoms with Gasteiger partial charge >= 0.3 is 5.76 Å². The molecule has 2 heterocycles. The highest BCUT2D eigenvalue weighted by Crippen LogP contribution is 2.24. The van der Waals surface area contributed by atoms with E-state index in [0.29, 0.717) is 16.8 Å². The minimum Gasteiger partial charge on any atom is -0.461 e. The quantitative estimate of drug-likeness (QED) is 0.418. The number of amides is 1. The Kier molecular flexibility index (Phi) is 4.44. The fourth-order valence-electron chi connectivity index (χ4n) is 3.04. The Bertz CT molecular complexity index is 1260. The molecule has 0 radical (unpaired) electrons. The van der Waals surface area contributed by atoms with Crippen molar-refractivity contribution in [1.29, 1.82) is 0 Å². The van der Waals surface area contributed by atoms with E-state index in [1.54, 1.807) is 36.4 Å². The Morgan fingerprint density at radius 2 is 1.96 bits per heavy atom. The first-order chi connectivity index (χ1) is 13.5. The third-order valence-corrected chi connectivity index (χ3v) is 4.28. The van der Waals surface area contributed by atoms with Gasteiger partial charge in [0.25, 0.3) is 0 Å². The van der Waals surface area contributed by atoms with Crippen LogP contribution in [0.2, 0.25) is 0 Å². The number of aliphatic imine (C=N–C) groups is 1. The molecule has 8 nitrogen and oxygen atoms in total. The number of aryl methyl sites for hydroxylation is 2. The van der Waals surface area contributed by atoms with Gasteiger partial charge in [-0.3, -0.25) is 14.7 Å². The molecule has 4 aromatic rings. The van der Waals surface area contributed by atoms with Crippen molar-refractivity contribution in [1.82, 2.24) is 9.88 Å². The van der Waals surface area contributed by atoms with Crippen molar-refractivity contribution in [3.8, 4) is 0 Å². The van der Waals surface area contributed by atoms with E-state index < -0.39 is 5.76 Å². The highest BCUT2D eigenvalue weighted by molar-refractivity contribution is 5.97. The number of nitrogens with two attached hydrogens (primary N) is 1. The van der Waals surface area contributed by atoms with E-state index >= 15 is 0 Å². The maximum atomic E-state index is 12.2. The van der Waals surface area contributed by atoms with Gasteiger partial charge in [-0.2, -0.15) is 0 Å². The van der Waals surface area contributed by atoms with Gasteiger partial charge in [-0.1, -0.05) is 12.1 Å². The molecule has 0 saturated heterocycles. The van der Waals surface area contributed by atoms with Gasteiger partial charge in [0.05, 0.1) is 11.2 Å². The van der Waals surface area contributed by atoms with Crippen LogP contribution in [0.3, 0.4) is 0 Å². The number of carbonyl (C=O) groups is 1. The maximum Gasteiger partial charge on any atom is 0.419 e. The van der Waals surface area contributed by atoms with Crippen molar-refractivity contribution in [2.45, 2.75) is 19.9 Å². The third kappa shape index (κ3) is 3.52. The minimum atomic E-state index is -0.501. The van der Waals surface area contributed by atoms with Gasteiger partial charge in [-0.15, -0.1) is 0 Å². The molecule has 3 N–H and O–H groups in total. The van der Waals surface area contributed by atoms with E-state index in [-0.39, 0.29) is 24.8 Å². The average Bonchev–Trinajstić information content (AvgIpc) is 3.17. The van der Waals surface area contributed by atoms with Gasteiger partial charge < -0.3 is 14.6 Å². The molecular formula is C20H18N4O4. The van der Waals surface area contributed by atoms with Gasteiger partial charge in [0.2, 0.25) is 11.9 Å². The lowest BCUT2D eigenvalue weighted by Gasteiger charge is -2.05. The summed E-state index contributed by atoms with van der Waals surface area (Å²) in [7, 11) is 0. The van der Waals surface area contributed by atoms with Crippen LogP contribution in [0, 0.1) is 6.92 Å². The Labute approximate surface area is 159 Å². The molecule has 142 valence electrons. The predicted octanol–water partition coefficient (Wildman–Crippen LogP) is 2.80. The number of guanidine groups is 1. The molecule has 0 aliphatic rings. The van der Waals surface area contributed by atoms with E-state index in [2.05, 4.69) is 10.3 Å². The second kappa shape index (κ2) is 7.07. The monoisotopic (exact) mass is 378 g/mol. The summed E-state index contributed by atoms with van der Waals surface area (Å²) in [5.41, 5.74) is 8.32. The summed E-state index contributed by atoms with van der Waals surface area (Å²) in [5.74, 6) is -0.0635. The molecule has 0 bridgehead atoms. The summed E-state index contributed by atoms with van der Waals surface area (Å²) in [5, 5.41) is 3.44. The second-order valence-corrected chi connectivity index (χ2v) is 6.36. The molecule has 0 unspecified atom stereocenters. The van der Waals surface area contributed by atoms with Crippen LogP contribution in [0.5, 0.6) is 0 Å². The highest BCUT2D eigenvalue weighted by atomic mass is 16.4. The molecule has 0 atom stereocenters. The van der Waals surface area contributed by atoms with Gasteiger partial charge in [0, 0.05) is 18.4 Å². The number of rotatable bonds is 4.